The van der Waals surface area contributed by atoms with Crippen molar-refractivity contribution in [2.45, 2.75) is 6.92 Å². The van der Waals surface area contributed by atoms with Crippen LogP contribution >= 0.6 is 0 Å². The van der Waals surface area contributed by atoms with Gasteiger partial charge >= 0.3 is 0 Å². The smallest absolute Gasteiger partial charge is 0.248 e. The number of aromatic nitrogens is 4. The van der Waals surface area contributed by atoms with E-state index in [1.165, 1.54) is 6.08 Å². The van der Waals surface area contributed by atoms with Gasteiger partial charge in [-0.05, 0) is 37.3 Å². The van der Waals surface area contributed by atoms with Gasteiger partial charge in [0.1, 0.15) is 5.82 Å². The second-order valence-electron chi connectivity index (χ2n) is 7.99. The first-order valence-corrected chi connectivity index (χ1v) is 11.4. The summed E-state index contributed by atoms with van der Waals surface area (Å²) in [7, 11) is 0. The van der Waals surface area contributed by atoms with Gasteiger partial charge in [-0.2, -0.15) is 0 Å². The van der Waals surface area contributed by atoms with Crippen LogP contribution in [-0.4, -0.2) is 52.1 Å². The minimum Gasteiger partial charge on any atom is -0.378 e. The number of amides is 1. The molecule has 0 atom stereocenters. The summed E-state index contributed by atoms with van der Waals surface area (Å²) in [5.74, 6) is 1.20. The molecule has 1 saturated heterocycles. The standard InChI is InChI=1S/C26H25N7O2/c1-2-4-24(34)30-19-9-10-27-22(15-19)21-6-3-5-18-16-29-26(32-25(18)21)31-20-7-8-23(28-17-20)33-11-13-35-14-12-33/h2-10,15-17H,11-14H2,1H3,(H,27,30,34)(H,29,31,32)/b4-2+. The highest BCUT2D eigenvalue weighted by molar-refractivity contribution is 6.00. The largest absolute Gasteiger partial charge is 0.378 e. The molecule has 4 heterocycles. The van der Waals surface area contributed by atoms with Crippen molar-refractivity contribution in [3.8, 4) is 11.3 Å². The average molecular weight is 468 g/mol. The molecule has 1 aliphatic heterocycles. The van der Waals surface area contributed by atoms with E-state index in [0.717, 1.165) is 54.3 Å². The van der Waals surface area contributed by atoms with Crippen molar-refractivity contribution in [2.75, 3.05) is 41.8 Å². The monoisotopic (exact) mass is 467 g/mol. The van der Waals surface area contributed by atoms with Crippen LogP contribution in [0.2, 0.25) is 0 Å². The third-order valence-electron chi connectivity index (χ3n) is 5.57. The Hall–Kier alpha value is -4.37. The normalized spacial score (nSPS) is 13.8. The number of allylic oxidation sites excluding steroid dienone is 1. The van der Waals surface area contributed by atoms with Crippen LogP contribution in [0.1, 0.15) is 6.92 Å². The quantitative estimate of drug-likeness (QED) is 0.407. The zero-order valence-electron chi connectivity index (χ0n) is 19.3. The maximum Gasteiger partial charge on any atom is 0.248 e. The Morgan fingerprint density at radius 1 is 1.03 bits per heavy atom. The Bertz CT molecular complexity index is 1370. The summed E-state index contributed by atoms with van der Waals surface area (Å²) in [6.07, 6.45) is 8.40. The minimum absolute atomic E-state index is 0.190. The predicted molar refractivity (Wildman–Crippen MR) is 137 cm³/mol. The van der Waals surface area contributed by atoms with Crippen molar-refractivity contribution < 1.29 is 9.53 Å². The maximum absolute atomic E-state index is 11.9. The predicted octanol–water partition coefficient (Wildman–Crippen LogP) is 4.18. The SMILES string of the molecule is C/C=C/C(=O)Nc1ccnc(-c2cccc3cnc(Nc4ccc(N5CCOCC5)nc4)nc23)c1. The van der Waals surface area contributed by atoms with Crippen molar-refractivity contribution >= 4 is 40.0 Å². The molecule has 5 rings (SSSR count). The molecule has 35 heavy (non-hydrogen) atoms. The lowest BCUT2D eigenvalue weighted by molar-refractivity contribution is -0.111. The summed E-state index contributed by atoms with van der Waals surface area (Å²) in [6.45, 7) is 4.91. The number of para-hydroxylation sites is 1. The third-order valence-corrected chi connectivity index (χ3v) is 5.57. The zero-order chi connectivity index (χ0) is 24.0. The molecule has 1 aliphatic rings. The van der Waals surface area contributed by atoms with E-state index in [-0.39, 0.29) is 5.91 Å². The molecule has 9 nitrogen and oxygen atoms in total. The fourth-order valence-corrected chi connectivity index (χ4v) is 3.88. The molecule has 1 fully saturated rings. The Kier molecular flexibility index (Phi) is 6.58. The number of carbonyl (C=O) groups excluding carboxylic acids is 1. The number of hydrogen-bond acceptors (Lipinski definition) is 8. The highest BCUT2D eigenvalue weighted by atomic mass is 16.5. The highest BCUT2D eigenvalue weighted by Crippen LogP contribution is 2.28. The van der Waals surface area contributed by atoms with Gasteiger partial charge in [-0.25, -0.2) is 15.0 Å². The van der Waals surface area contributed by atoms with Crippen LogP contribution in [0.15, 0.2) is 73.2 Å². The lowest BCUT2D eigenvalue weighted by Gasteiger charge is -2.27. The van der Waals surface area contributed by atoms with E-state index >= 15 is 0 Å². The lowest BCUT2D eigenvalue weighted by atomic mass is 10.1. The molecular weight excluding hydrogens is 442 g/mol. The molecule has 9 heteroatoms. The van der Waals surface area contributed by atoms with Crippen LogP contribution in [0, 0.1) is 0 Å². The Morgan fingerprint density at radius 2 is 1.91 bits per heavy atom. The van der Waals surface area contributed by atoms with Gasteiger partial charge in [0.25, 0.3) is 0 Å². The molecule has 3 aromatic heterocycles. The van der Waals surface area contributed by atoms with E-state index in [0.29, 0.717) is 17.3 Å². The first kappa shape index (κ1) is 22.4. The van der Waals surface area contributed by atoms with Gasteiger partial charge in [0.2, 0.25) is 11.9 Å². The number of rotatable bonds is 6. The third kappa shape index (κ3) is 5.25. The Balaban J connectivity index is 1.40. The van der Waals surface area contributed by atoms with Crippen molar-refractivity contribution in [3.05, 3.63) is 73.2 Å². The molecule has 1 amide bonds. The first-order chi connectivity index (χ1) is 17.2. The number of fused-ring (bicyclic) bond motifs is 1. The second kappa shape index (κ2) is 10.3. The summed E-state index contributed by atoms with van der Waals surface area (Å²) in [6, 6.07) is 13.4. The number of morpholine rings is 1. The zero-order valence-corrected chi connectivity index (χ0v) is 19.3. The molecule has 0 bridgehead atoms. The van der Waals surface area contributed by atoms with Gasteiger partial charge in [0, 0.05) is 42.1 Å². The van der Waals surface area contributed by atoms with Crippen molar-refractivity contribution in [1.82, 2.24) is 19.9 Å². The number of nitrogens with one attached hydrogen (secondary N) is 2. The Labute approximate surface area is 202 Å². The number of benzene rings is 1. The molecule has 0 radical (unpaired) electrons. The number of carbonyl (C=O) groups is 1. The van der Waals surface area contributed by atoms with E-state index in [4.69, 9.17) is 9.72 Å². The number of nitrogens with zero attached hydrogens (tertiary/aromatic N) is 5. The number of hydrogen-bond donors (Lipinski definition) is 2. The van der Waals surface area contributed by atoms with Crippen molar-refractivity contribution in [2.24, 2.45) is 0 Å². The number of ether oxygens (including phenoxy) is 1. The van der Waals surface area contributed by atoms with E-state index in [1.54, 1.807) is 37.7 Å². The number of anilines is 4. The van der Waals surface area contributed by atoms with Gasteiger partial charge in [-0.1, -0.05) is 24.3 Å². The average Bonchev–Trinajstić information content (AvgIpc) is 2.89. The summed E-state index contributed by atoms with van der Waals surface area (Å²) < 4.78 is 5.41. The van der Waals surface area contributed by atoms with Gasteiger partial charge in [0.15, 0.2) is 0 Å². The summed E-state index contributed by atoms with van der Waals surface area (Å²) in [5.41, 5.74) is 3.76. The first-order valence-electron chi connectivity index (χ1n) is 11.4. The number of pyridine rings is 2. The minimum atomic E-state index is -0.190. The van der Waals surface area contributed by atoms with Gasteiger partial charge < -0.3 is 20.3 Å². The van der Waals surface area contributed by atoms with E-state index < -0.39 is 0 Å². The fourth-order valence-electron chi connectivity index (χ4n) is 3.88. The van der Waals surface area contributed by atoms with Gasteiger partial charge in [0.05, 0.1) is 36.3 Å². The maximum atomic E-state index is 11.9. The van der Waals surface area contributed by atoms with Crippen LogP contribution in [-0.2, 0) is 9.53 Å². The van der Waals surface area contributed by atoms with Crippen LogP contribution in [0.3, 0.4) is 0 Å². The van der Waals surface area contributed by atoms with E-state index in [9.17, 15) is 4.79 Å². The molecule has 176 valence electrons. The Morgan fingerprint density at radius 3 is 2.71 bits per heavy atom. The van der Waals surface area contributed by atoms with Crippen LogP contribution in [0.5, 0.6) is 0 Å². The molecule has 0 aliphatic carbocycles. The topological polar surface area (TPSA) is 105 Å². The molecular formula is C26H25N7O2. The van der Waals surface area contributed by atoms with E-state index in [2.05, 4.69) is 30.5 Å². The highest BCUT2D eigenvalue weighted by Gasteiger charge is 2.13. The molecule has 0 unspecified atom stereocenters. The van der Waals surface area contributed by atoms with Crippen molar-refractivity contribution in [3.63, 3.8) is 0 Å². The summed E-state index contributed by atoms with van der Waals surface area (Å²) >= 11 is 0. The van der Waals surface area contributed by atoms with Gasteiger partial charge in [-0.3, -0.25) is 9.78 Å². The molecule has 2 N–H and O–H groups in total. The molecule has 0 spiro atoms. The molecule has 4 aromatic rings. The fraction of sp³-hybridized carbons (Fsp3) is 0.192. The summed E-state index contributed by atoms with van der Waals surface area (Å²) in [5, 5.41) is 6.98. The van der Waals surface area contributed by atoms with Crippen molar-refractivity contribution in [1.29, 1.82) is 0 Å². The lowest BCUT2D eigenvalue weighted by Crippen LogP contribution is -2.36. The molecule has 0 saturated carbocycles. The van der Waals surface area contributed by atoms with Crippen LogP contribution in [0.4, 0.5) is 23.1 Å². The molecule has 1 aromatic carbocycles. The van der Waals surface area contributed by atoms with Crippen LogP contribution < -0.4 is 15.5 Å². The van der Waals surface area contributed by atoms with Gasteiger partial charge in [-0.15, -0.1) is 0 Å². The van der Waals surface area contributed by atoms with E-state index in [1.807, 2.05) is 36.4 Å². The second-order valence-corrected chi connectivity index (χ2v) is 7.99. The van der Waals surface area contributed by atoms with Crippen LogP contribution in [0.25, 0.3) is 22.2 Å². The summed E-state index contributed by atoms with van der Waals surface area (Å²) in [4.78, 5) is 32.5.